The molecular formula is C48H57Cl2SiZr. The minimum atomic E-state index is -2.03. The summed E-state index contributed by atoms with van der Waals surface area (Å²) in [5.41, 5.74) is 21.2. The van der Waals surface area contributed by atoms with Crippen LogP contribution in [0.25, 0.3) is 33.5 Å². The summed E-state index contributed by atoms with van der Waals surface area (Å²) in [6.45, 7) is 33.8. The maximum absolute atomic E-state index is 2.71. The molecule has 0 nitrogen and oxygen atoms in total. The Bertz CT molecular complexity index is 2090. The van der Waals surface area contributed by atoms with E-state index in [2.05, 4.69) is 169 Å². The standard InChI is InChI=1S/C48H57Si.2ClH.Zr/c1-28(2)38-27-39-36(30-18-20-33(21-19-30)46(4,5)6)16-15-17-37(39)43(38)40-25-31-22-29(3)44-41(31)42(45(40)49(44,13)14)32-23-34(47(7,8)9)26-35(24-32)48(10,11)12;;;/h15-28,43H,1-14H3;2*1H;/q;;;+2/p-2. The molecule has 0 fully saturated rings. The first-order chi connectivity index (χ1) is 23.1. The van der Waals surface area contributed by atoms with Gasteiger partial charge in [0.2, 0.25) is 0 Å². The molecule has 0 N–H and O–H groups in total. The van der Waals surface area contributed by atoms with Gasteiger partial charge in [-0.2, -0.15) is 0 Å². The molecule has 4 aromatic carbocycles. The first kappa shape index (κ1) is 41.2. The normalized spacial score (nSPS) is 18.8. The molecule has 2 unspecified atom stereocenters. The Morgan fingerprint density at radius 3 is 1.71 bits per heavy atom. The van der Waals surface area contributed by atoms with Crippen LogP contribution < -0.4 is 30.0 Å². The Kier molecular flexibility index (Phi) is 10.8. The zero-order valence-corrected chi connectivity index (χ0v) is 38.9. The molecule has 2 aliphatic carbocycles. The molecule has 2 atom stereocenters. The molecular weight excluding hydrogens is 767 g/mol. The van der Waals surface area contributed by atoms with Gasteiger partial charge in [0.15, 0.2) is 0 Å². The van der Waals surface area contributed by atoms with Gasteiger partial charge in [-0.1, -0.05) is 20.8 Å². The molecule has 7 rings (SSSR count). The van der Waals surface area contributed by atoms with Gasteiger partial charge in [0.25, 0.3) is 0 Å². The summed E-state index contributed by atoms with van der Waals surface area (Å²) in [5, 5.41) is 3.44. The van der Waals surface area contributed by atoms with Gasteiger partial charge in [0.05, 0.1) is 0 Å². The number of allylic oxidation sites excluding steroid dienone is 2. The van der Waals surface area contributed by atoms with Gasteiger partial charge in [0.1, 0.15) is 0 Å². The van der Waals surface area contributed by atoms with E-state index in [0.29, 0.717) is 9.54 Å². The Morgan fingerprint density at radius 1 is 0.635 bits per heavy atom. The number of fused-ring (bicyclic) bond motifs is 2. The van der Waals surface area contributed by atoms with Crippen molar-refractivity contribution in [3.63, 3.8) is 0 Å². The number of hydrogen-bond donors (Lipinski definition) is 0. The van der Waals surface area contributed by atoms with Gasteiger partial charge in [-0.15, -0.1) is 0 Å². The number of rotatable bonds is 4. The van der Waals surface area contributed by atoms with Crippen LogP contribution in [0.3, 0.4) is 0 Å². The fourth-order valence-electron chi connectivity index (χ4n) is 9.23. The maximum Gasteiger partial charge on any atom is -1.00 e. The van der Waals surface area contributed by atoms with Crippen LogP contribution in [0.15, 0.2) is 77.9 Å². The fourth-order valence-corrected chi connectivity index (χ4v) is 14.6. The van der Waals surface area contributed by atoms with Crippen LogP contribution in [0, 0.1) is 5.92 Å². The van der Waals surface area contributed by atoms with Crippen LogP contribution in [-0.2, 0) is 41.0 Å². The maximum atomic E-state index is 2.71. The first-order valence-corrected chi connectivity index (χ1v) is 23.3. The summed E-state index contributed by atoms with van der Waals surface area (Å²) >= 11 is 1.61. The van der Waals surface area contributed by atoms with E-state index in [4.69, 9.17) is 0 Å². The molecule has 2 bridgehead atoms. The Morgan fingerprint density at radius 2 is 1.19 bits per heavy atom. The monoisotopic (exact) mass is 821 g/mol. The number of benzene rings is 4. The molecule has 3 aliphatic rings. The van der Waals surface area contributed by atoms with Crippen LogP contribution in [0.2, 0.25) is 13.1 Å². The smallest absolute Gasteiger partial charge is 1.00 e. The van der Waals surface area contributed by atoms with Crippen LogP contribution >= 0.6 is 0 Å². The molecule has 52 heavy (non-hydrogen) atoms. The largest absolute Gasteiger partial charge is 1.00 e. The van der Waals surface area contributed by atoms with E-state index in [1.54, 1.807) is 68.5 Å². The van der Waals surface area contributed by atoms with Gasteiger partial charge in [-0.3, -0.25) is 0 Å². The summed E-state index contributed by atoms with van der Waals surface area (Å²) in [5.74, 6) is 0.731. The van der Waals surface area contributed by atoms with E-state index < -0.39 is 8.07 Å². The van der Waals surface area contributed by atoms with Crippen molar-refractivity contribution in [2.75, 3.05) is 0 Å². The zero-order valence-electron chi connectivity index (χ0n) is 33.9. The minimum absolute atomic E-state index is 0. The van der Waals surface area contributed by atoms with Crippen molar-refractivity contribution in [3.8, 4) is 22.3 Å². The van der Waals surface area contributed by atoms with Gasteiger partial charge < -0.3 is 24.8 Å². The Balaban J connectivity index is 0.00000261. The molecule has 1 aliphatic heterocycles. The van der Waals surface area contributed by atoms with Crippen LogP contribution in [0.5, 0.6) is 0 Å². The predicted octanol–water partition coefficient (Wildman–Crippen LogP) is 6.95. The zero-order chi connectivity index (χ0) is 36.5. The predicted molar refractivity (Wildman–Crippen MR) is 217 cm³/mol. The van der Waals surface area contributed by atoms with Crippen LogP contribution in [0.1, 0.15) is 137 Å². The molecule has 271 valence electrons. The SMILES string of the molecule is CC1=C2c3c(cc(C4C(C(C)C)=Cc5c(-c6ccc(C(C)(C)C)cc6)cccc54)c(c3-c3cc(C(C)(C)C)cc(C(C)(C)C)c3)[Si]2(C)C)[CH]1[Zr+2].[Cl-].[Cl-]. The van der Waals surface area contributed by atoms with Crippen LogP contribution in [-0.4, -0.2) is 8.07 Å². The van der Waals surface area contributed by atoms with Crippen molar-refractivity contribution in [1.82, 2.24) is 0 Å². The van der Waals surface area contributed by atoms with E-state index in [0.717, 1.165) is 0 Å². The fraction of sp³-hybridized carbons (Fsp3) is 0.417. The second kappa shape index (κ2) is 13.7. The van der Waals surface area contributed by atoms with Gasteiger partial charge >= 0.3 is 296 Å². The average Bonchev–Trinajstić information content (AvgIpc) is 3.60. The quantitative estimate of drug-likeness (QED) is 0.196. The minimum Gasteiger partial charge on any atom is -1.00 e. The Labute approximate surface area is 344 Å². The molecule has 4 aromatic rings. The third-order valence-electron chi connectivity index (χ3n) is 12.1. The average molecular weight is 824 g/mol. The van der Waals surface area contributed by atoms with E-state index in [1.165, 1.54) is 44.5 Å². The second-order valence-electron chi connectivity index (χ2n) is 19.5. The first-order valence-electron chi connectivity index (χ1n) is 18.9. The summed E-state index contributed by atoms with van der Waals surface area (Å²) in [4.78, 5) is 0. The van der Waals surface area contributed by atoms with Crippen LogP contribution in [0.4, 0.5) is 0 Å². The van der Waals surface area contributed by atoms with E-state index >= 15 is 0 Å². The molecule has 1 heterocycles. The third kappa shape index (κ3) is 6.48. The van der Waals surface area contributed by atoms with E-state index in [-0.39, 0.29) is 47.0 Å². The van der Waals surface area contributed by atoms with Crippen molar-refractivity contribution >= 4 is 24.5 Å². The van der Waals surface area contributed by atoms with Gasteiger partial charge in [-0.25, -0.2) is 0 Å². The van der Waals surface area contributed by atoms with Gasteiger partial charge in [-0.05, 0) is 5.41 Å². The molecule has 4 heteroatoms. The van der Waals surface area contributed by atoms with E-state index in [9.17, 15) is 0 Å². The molecule has 0 aromatic heterocycles. The van der Waals surface area contributed by atoms with Crippen molar-refractivity contribution in [2.45, 2.75) is 122 Å². The molecule has 0 spiro atoms. The number of hydrogen-bond acceptors (Lipinski definition) is 0. The molecule has 0 radical (unpaired) electrons. The van der Waals surface area contributed by atoms with Gasteiger partial charge in [0, 0.05) is 0 Å². The topological polar surface area (TPSA) is 0 Å². The second-order valence-corrected chi connectivity index (χ2v) is 25.1. The van der Waals surface area contributed by atoms with Crippen molar-refractivity contribution in [3.05, 3.63) is 122 Å². The van der Waals surface area contributed by atoms with Crippen molar-refractivity contribution < 1.29 is 49.5 Å². The summed E-state index contributed by atoms with van der Waals surface area (Å²) in [6.07, 6.45) is 2.59. The van der Waals surface area contributed by atoms with Crippen molar-refractivity contribution in [2.24, 2.45) is 5.92 Å². The number of halogens is 2. The summed E-state index contributed by atoms with van der Waals surface area (Å²) in [7, 11) is -2.03. The molecule has 0 saturated heterocycles. The summed E-state index contributed by atoms with van der Waals surface area (Å²) in [6, 6.07) is 26.8. The third-order valence-corrected chi connectivity index (χ3v) is 17.6. The van der Waals surface area contributed by atoms with Crippen molar-refractivity contribution in [1.29, 1.82) is 0 Å². The Hall–Kier alpha value is -1.96. The molecule has 0 saturated carbocycles. The summed E-state index contributed by atoms with van der Waals surface area (Å²) < 4.78 is 0.540. The molecule has 0 amide bonds. The van der Waals surface area contributed by atoms with E-state index in [1.807, 2.05) is 0 Å².